The summed E-state index contributed by atoms with van der Waals surface area (Å²) in [5.41, 5.74) is 11.3. The van der Waals surface area contributed by atoms with Gasteiger partial charge in [0.25, 0.3) is 0 Å². The van der Waals surface area contributed by atoms with Gasteiger partial charge in [-0.15, -0.1) is 0 Å². The van der Waals surface area contributed by atoms with Crippen LogP contribution in [0.4, 0.5) is 16.8 Å². The minimum absolute atomic E-state index is 0.453. The van der Waals surface area contributed by atoms with Crippen LogP contribution in [0.25, 0.3) is 21.3 Å². The number of nitrogens with two attached hydrogens (primary N) is 1. The summed E-state index contributed by atoms with van der Waals surface area (Å²) in [5, 5.41) is 3.89. The summed E-state index contributed by atoms with van der Waals surface area (Å²) in [6.45, 7) is 4.01. The number of nitrogens with one attached hydrogen (secondary N) is 1. The number of oxazole rings is 1. The highest BCUT2D eigenvalue weighted by atomic mass is 32.1. The summed E-state index contributed by atoms with van der Waals surface area (Å²) >= 11 is 1.53. The highest BCUT2D eigenvalue weighted by Gasteiger charge is 2.11. The van der Waals surface area contributed by atoms with Crippen molar-refractivity contribution in [2.24, 2.45) is 0 Å². The van der Waals surface area contributed by atoms with Gasteiger partial charge in [0.2, 0.25) is 0 Å². The van der Waals surface area contributed by atoms with Crippen LogP contribution >= 0.6 is 11.3 Å². The Kier molecular flexibility index (Phi) is 2.80. The zero-order valence-electron chi connectivity index (χ0n) is 12.2. The molecular formula is C16H14N4OS. The number of benzene rings is 2. The number of aryl methyl sites for hydroxylation is 2. The van der Waals surface area contributed by atoms with E-state index in [1.807, 2.05) is 44.2 Å². The Bertz CT molecular complexity index is 1000. The molecule has 0 fully saturated rings. The standard InChI is InChI=1S/C16H14N4OS/c1-8-4-3-5-11-14(8)21-15(18-11)20-16-19-13-9(2)6-10(17)7-12(13)22-16/h3-7H,17H2,1-2H3,(H,18,19,20). The van der Waals surface area contributed by atoms with Crippen molar-refractivity contribution in [1.29, 1.82) is 0 Å². The van der Waals surface area contributed by atoms with E-state index >= 15 is 0 Å². The average molecular weight is 310 g/mol. The highest BCUT2D eigenvalue weighted by molar-refractivity contribution is 7.22. The lowest BCUT2D eigenvalue weighted by Gasteiger charge is -1.96. The minimum atomic E-state index is 0.453. The van der Waals surface area contributed by atoms with Crippen LogP contribution < -0.4 is 11.1 Å². The summed E-state index contributed by atoms with van der Waals surface area (Å²) in [4.78, 5) is 9.04. The second-order valence-electron chi connectivity index (χ2n) is 5.27. The van der Waals surface area contributed by atoms with Crippen molar-refractivity contribution in [2.75, 3.05) is 11.1 Å². The van der Waals surface area contributed by atoms with Crippen molar-refractivity contribution in [3.8, 4) is 0 Å². The number of para-hydroxylation sites is 1. The van der Waals surface area contributed by atoms with E-state index in [1.54, 1.807) is 0 Å². The number of fused-ring (bicyclic) bond motifs is 2. The number of hydrogen-bond donors (Lipinski definition) is 2. The summed E-state index contributed by atoms with van der Waals surface area (Å²) in [6, 6.07) is 10.2. The molecule has 0 radical (unpaired) electrons. The minimum Gasteiger partial charge on any atom is -0.423 e. The fourth-order valence-electron chi connectivity index (χ4n) is 2.51. The molecule has 0 aliphatic carbocycles. The smallest absolute Gasteiger partial charge is 0.302 e. The molecular weight excluding hydrogens is 296 g/mol. The van der Waals surface area contributed by atoms with Crippen LogP contribution in [-0.4, -0.2) is 9.97 Å². The first-order chi connectivity index (χ1) is 10.6. The molecule has 0 aliphatic rings. The van der Waals surface area contributed by atoms with Crippen LogP contribution in [0.2, 0.25) is 0 Å². The third-order valence-electron chi connectivity index (χ3n) is 3.53. The highest BCUT2D eigenvalue weighted by Crippen LogP contribution is 2.32. The molecule has 0 atom stereocenters. The van der Waals surface area contributed by atoms with Crippen molar-refractivity contribution < 1.29 is 4.42 Å². The number of rotatable bonds is 2. The molecule has 2 aromatic heterocycles. The van der Waals surface area contributed by atoms with Gasteiger partial charge in [-0.25, -0.2) is 4.98 Å². The van der Waals surface area contributed by atoms with E-state index in [9.17, 15) is 0 Å². The third-order valence-corrected chi connectivity index (χ3v) is 4.45. The predicted molar refractivity (Wildman–Crippen MR) is 90.8 cm³/mol. The Morgan fingerprint density at radius 3 is 2.82 bits per heavy atom. The molecule has 4 rings (SSSR count). The first-order valence-corrected chi connectivity index (χ1v) is 7.71. The Morgan fingerprint density at radius 2 is 2.00 bits per heavy atom. The second-order valence-corrected chi connectivity index (χ2v) is 6.30. The number of anilines is 3. The molecule has 6 heteroatoms. The van der Waals surface area contributed by atoms with Crippen molar-refractivity contribution in [2.45, 2.75) is 13.8 Å². The predicted octanol–water partition coefficient (Wildman–Crippen LogP) is 4.38. The van der Waals surface area contributed by atoms with Crippen LogP contribution in [0, 0.1) is 13.8 Å². The fraction of sp³-hybridized carbons (Fsp3) is 0.125. The van der Waals surface area contributed by atoms with E-state index in [0.29, 0.717) is 6.01 Å². The Balaban J connectivity index is 1.75. The Morgan fingerprint density at radius 1 is 1.14 bits per heavy atom. The fourth-order valence-corrected chi connectivity index (χ4v) is 3.49. The number of aromatic nitrogens is 2. The van der Waals surface area contributed by atoms with Crippen LogP contribution in [0.3, 0.4) is 0 Å². The molecule has 4 aromatic rings. The maximum absolute atomic E-state index is 5.88. The van der Waals surface area contributed by atoms with Crippen LogP contribution in [0.15, 0.2) is 34.7 Å². The lowest BCUT2D eigenvalue weighted by atomic mass is 10.2. The quantitative estimate of drug-likeness (QED) is 0.537. The van der Waals surface area contributed by atoms with Crippen molar-refractivity contribution >= 4 is 49.5 Å². The van der Waals surface area contributed by atoms with Gasteiger partial charge in [0.1, 0.15) is 5.52 Å². The molecule has 0 spiro atoms. The largest absolute Gasteiger partial charge is 0.423 e. The van der Waals surface area contributed by atoms with Gasteiger partial charge in [-0.2, -0.15) is 4.98 Å². The molecule has 0 saturated carbocycles. The molecule has 0 bridgehead atoms. The molecule has 0 amide bonds. The number of nitrogen functional groups attached to an aromatic ring is 1. The molecule has 22 heavy (non-hydrogen) atoms. The van der Waals surface area contributed by atoms with Gasteiger partial charge in [-0.3, -0.25) is 5.32 Å². The number of nitrogens with zero attached hydrogens (tertiary/aromatic N) is 2. The molecule has 0 unspecified atom stereocenters. The van der Waals surface area contributed by atoms with E-state index in [2.05, 4.69) is 15.3 Å². The lowest BCUT2D eigenvalue weighted by molar-refractivity contribution is 0.620. The molecule has 110 valence electrons. The maximum atomic E-state index is 5.88. The van der Waals surface area contributed by atoms with Gasteiger partial charge in [0, 0.05) is 5.69 Å². The summed E-state index contributed by atoms with van der Waals surface area (Å²) in [5.74, 6) is 0. The maximum Gasteiger partial charge on any atom is 0.302 e. The normalized spacial score (nSPS) is 11.4. The topological polar surface area (TPSA) is 77.0 Å². The average Bonchev–Trinajstić information content (AvgIpc) is 3.03. The van der Waals surface area contributed by atoms with Gasteiger partial charge in [-0.1, -0.05) is 23.5 Å². The zero-order chi connectivity index (χ0) is 15.3. The summed E-state index contributed by atoms with van der Waals surface area (Å²) in [7, 11) is 0. The van der Waals surface area contributed by atoms with Gasteiger partial charge in [0.15, 0.2) is 10.7 Å². The van der Waals surface area contributed by atoms with Crippen molar-refractivity contribution in [3.05, 3.63) is 41.5 Å². The van der Waals surface area contributed by atoms with Crippen molar-refractivity contribution in [1.82, 2.24) is 9.97 Å². The van der Waals surface area contributed by atoms with E-state index in [0.717, 1.165) is 43.3 Å². The van der Waals surface area contributed by atoms with E-state index in [1.165, 1.54) is 11.3 Å². The molecule has 0 saturated heterocycles. The molecule has 2 heterocycles. The Hall–Kier alpha value is -2.60. The monoisotopic (exact) mass is 310 g/mol. The SMILES string of the molecule is Cc1cc(N)cc2sc(Nc3nc4cccc(C)c4o3)nc12. The zero-order valence-corrected chi connectivity index (χ0v) is 13.0. The molecule has 5 nitrogen and oxygen atoms in total. The second kappa shape index (κ2) is 4.71. The van der Waals surface area contributed by atoms with Gasteiger partial charge in [-0.05, 0) is 43.2 Å². The van der Waals surface area contributed by atoms with Crippen LogP contribution in [-0.2, 0) is 0 Å². The van der Waals surface area contributed by atoms with Gasteiger partial charge >= 0.3 is 6.01 Å². The van der Waals surface area contributed by atoms with E-state index in [4.69, 9.17) is 10.2 Å². The Labute approximate surface area is 130 Å². The third kappa shape index (κ3) is 2.08. The lowest BCUT2D eigenvalue weighted by Crippen LogP contribution is -1.89. The van der Waals surface area contributed by atoms with Crippen molar-refractivity contribution in [3.63, 3.8) is 0 Å². The van der Waals surface area contributed by atoms with Crippen LogP contribution in [0.1, 0.15) is 11.1 Å². The van der Waals surface area contributed by atoms with E-state index < -0.39 is 0 Å². The number of thiazole rings is 1. The summed E-state index contributed by atoms with van der Waals surface area (Å²) < 4.78 is 6.82. The first kappa shape index (κ1) is 13.1. The van der Waals surface area contributed by atoms with Gasteiger partial charge < -0.3 is 10.2 Å². The number of hydrogen-bond acceptors (Lipinski definition) is 6. The van der Waals surface area contributed by atoms with E-state index in [-0.39, 0.29) is 0 Å². The van der Waals surface area contributed by atoms with Crippen LogP contribution in [0.5, 0.6) is 0 Å². The molecule has 0 aliphatic heterocycles. The first-order valence-electron chi connectivity index (χ1n) is 6.90. The summed E-state index contributed by atoms with van der Waals surface area (Å²) in [6.07, 6.45) is 0. The molecule has 3 N–H and O–H groups in total. The molecule has 2 aromatic carbocycles. The van der Waals surface area contributed by atoms with Gasteiger partial charge in [0.05, 0.1) is 10.2 Å².